The number of aromatic nitrogens is 2. The molecule has 0 radical (unpaired) electrons. The van der Waals surface area contributed by atoms with Gasteiger partial charge < -0.3 is 14.2 Å². The molecule has 7 nitrogen and oxygen atoms in total. The van der Waals surface area contributed by atoms with Crippen LogP contribution in [0.25, 0.3) is 0 Å². The van der Waals surface area contributed by atoms with Crippen LogP contribution in [0.5, 0.6) is 0 Å². The number of benzene rings is 3. The summed E-state index contributed by atoms with van der Waals surface area (Å²) in [5, 5.41) is 0.648. The maximum Gasteiger partial charge on any atom is 0.255 e. The van der Waals surface area contributed by atoms with Gasteiger partial charge in [-0.1, -0.05) is 77.8 Å². The van der Waals surface area contributed by atoms with Gasteiger partial charge in [-0.15, -0.1) is 0 Å². The van der Waals surface area contributed by atoms with E-state index < -0.39 is 9.84 Å². The number of carbonyl (C=O) groups excluding carboxylic acids is 1. The highest BCUT2D eigenvalue weighted by Gasteiger charge is 2.29. The van der Waals surface area contributed by atoms with Crippen molar-refractivity contribution in [2.45, 2.75) is 49.9 Å². The molecular weight excluding hydrogens is 581 g/mol. The Labute approximate surface area is 250 Å². The topological polar surface area (TPSA) is 81.5 Å². The van der Waals surface area contributed by atoms with Gasteiger partial charge in [0.05, 0.1) is 47.4 Å². The van der Waals surface area contributed by atoms with Crippen LogP contribution in [0, 0.1) is 6.92 Å². The monoisotopic (exact) mass is 611 g/mol. The lowest BCUT2D eigenvalue weighted by Gasteiger charge is -2.26. The fraction of sp³-hybridized carbons (Fsp3) is 0.290. The summed E-state index contributed by atoms with van der Waals surface area (Å²) in [6.45, 7) is 3.27. The molecule has 1 aliphatic heterocycles. The second-order valence-corrected chi connectivity index (χ2v) is 13.0. The van der Waals surface area contributed by atoms with E-state index in [0.717, 1.165) is 29.5 Å². The van der Waals surface area contributed by atoms with E-state index in [-0.39, 0.29) is 41.0 Å². The predicted octanol–water partition coefficient (Wildman–Crippen LogP) is 6.34. The Morgan fingerprint density at radius 3 is 2.54 bits per heavy atom. The number of halogens is 2. The Kier molecular flexibility index (Phi) is 9.14. The number of amides is 1. The first-order valence-corrected chi connectivity index (χ1v) is 15.8. The molecule has 4 aromatic rings. The van der Waals surface area contributed by atoms with Crippen LogP contribution in [-0.4, -0.2) is 48.0 Å². The van der Waals surface area contributed by atoms with Crippen molar-refractivity contribution in [1.29, 1.82) is 0 Å². The van der Waals surface area contributed by atoms with E-state index in [9.17, 15) is 13.2 Å². The molecule has 1 aromatic heterocycles. The van der Waals surface area contributed by atoms with E-state index in [0.29, 0.717) is 29.4 Å². The fourth-order valence-corrected chi connectivity index (χ4v) is 7.11. The van der Waals surface area contributed by atoms with Crippen LogP contribution >= 0.6 is 23.2 Å². The van der Waals surface area contributed by atoms with Gasteiger partial charge in [-0.05, 0) is 54.7 Å². The van der Waals surface area contributed by atoms with Crippen LogP contribution in [0.3, 0.4) is 0 Å². The highest BCUT2D eigenvalue weighted by atomic mass is 35.5. The molecule has 1 unspecified atom stereocenters. The standard InChI is InChI=1S/C31H31Cl2N3O4S/c1-22-8-5-6-11-24(22)21-41(38,39)31-34-17-26(36(31)18-23-9-3-2-4-10-23)19-35(20-27-12-7-15-40-27)30(37)28-14-13-25(32)16-29(28)33/h2-6,8-11,13-14,16-17,27H,7,12,15,18-21H2,1H3. The number of rotatable bonds is 10. The van der Waals surface area contributed by atoms with Gasteiger partial charge in [0.25, 0.3) is 5.91 Å². The fourth-order valence-electron chi connectivity index (χ4n) is 5.03. The summed E-state index contributed by atoms with van der Waals surface area (Å²) in [5.74, 6) is -0.469. The minimum atomic E-state index is -3.82. The van der Waals surface area contributed by atoms with Crippen molar-refractivity contribution in [2.24, 2.45) is 0 Å². The summed E-state index contributed by atoms with van der Waals surface area (Å²) in [4.78, 5) is 19.9. The van der Waals surface area contributed by atoms with Gasteiger partial charge in [0, 0.05) is 18.2 Å². The van der Waals surface area contributed by atoms with E-state index in [2.05, 4.69) is 4.98 Å². The highest BCUT2D eigenvalue weighted by molar-refractivity contribution is 7.90. The van der Waals surface area contributed by atoms with Crippen molar-refractivity contribution in [3.05, 3.63) is 117 Å². The van der Waals surface area contributed by atoms with Gasteiger partial charge >= 0.3 is 0 Å². The molecular formula is C31H31Cl2N3O4S. The van der Waals surface area contributed by atoms with Crippen LogP contribution in [0.2, 0.25) is 10.0 Å². The Morgan fingerprint density at radius 1 is 1.07 bits per heavy atom. The summed E-state index contributed by atoms with van der Waals surface area (Å²) >= 11 is 12.5. The maximum atomic E-state index is 13.8. The number of ether oxygens (including phenoxy) is 1. The van der Waals surface area contributed by atoms with Crippen molar-refractivity contribution in [3.8, 4) is 0 Å². The zero-order valence-electron chi connectivity index (χ0n) is 22.7. The third-order valence-corrected chi connectivity index (χ3v) is 9.34. The van der Waals surface area contributed by atoms with Crippen molar-refractivity contribution < 1.29 is 17.9 Å². The molecule has 1 fully saturated rings. The van der Waals surface area contributed by atoms with E-state index >= 15 is 0 Å². The smallest absolute Gasteiger partial charge is 0.255 e. The molecule has 0 spiro atoms. The molecule has 0 saturated carbocycles. The van der Waals surface area contributed by atoms with Crippen LogP contribution in [0.1, 0.15) is 45.6 Å². The maximum absolute atomic E-state index is 13.8. The van der Waals surface area contributed by atoms with Crippen LogP contribution < -0.4 is 0 Å². The molecule has 214 valence electrons. The largest absolute Gasteiger partial charge is 0.376 e. The Balaban J connectivity index is 1.53. The molecule has 1 amide bonds. The third-order valence-electron chi connectivity index (χ3n) is 7.22. The van der Waals surface area contributed by atoms with Crippen molar-refractivity contribution in [3.63, 3.8) is 0 Å². The van der Waals surface area contributed by atoms with Crippen LogP contribution in [0.15, 0.2) is 84.1 Å². The van der Waals surface area contributed by atoms with E-state index in [1.807, 2.05) is 61.5 Å². The average Bonchev–Trinajstić information content (AvgIpc) is 3.60. The van der Waals surface area contributed by atoms with Crippen molar-refractivity contribution >= 4 is 38.9 Å². The SMILES string of the molecule is Cc1ccccc1CS(=O)(=O)c1ncc(CN(CC2CCCO2)C(=O)c2ccc(Cl)cc2Cl)n1Cc1ccccc1. The highest BCUT2D eigenvalue weighted by Crippen LogP contribution is 2.26. The number of imidazole rings is 1. The van der Waals surface area contributed by atoms with Crippen molar-refractivity contribution in [1.82, 2.24) is 14.5 Å². The minimum absolute atomic E-state index is 0.0337. The summed E-state index contributed by atoms with van der Waals surface area (Å²) in [6.07, 6.45) is 3.17. The van der Waals surface area contributed by atoms with Crippen LogP contribution in [0.4, 0.5) is 0 Å². The van der Waals surface area contributed by atoms with Gasteiger partial charge in [-0.25, -0.2) is 13.4 Å². The molecule has 41 heavy (non-hydrogen) atoms. The zero-order chi connectivity index (χ0) is 29.0. The first-order valence-electron chi connectivity index (χ1n) is 13.4. The van der Waals surface area contributed by atoms with E-state index in [4.69, 9.17) is 27.9 Å². The lowest BCUT2D eigenvalue weighted by molar-refractivity contribution is 0.0502. The number of aryl methyl sites for hydroxylation is 1. The Hall–Kier alpha value is -3.17. The molecule has 0 N–H and O–H groups in total. The van der Waals surface area contributed by atoms with Gasteiger partial charge in [-0.2, -0.15) is 0 Å². The summed E-state index contributed by atoms with van der Waals surface area (Å²) in [5.41, 5.74) is 3.43. The second kappa shape index (κ2) is 12.8. The molecule has 2 heterocycles. The number of nitrogens with zero attached hydrogens (tertiary/aromatic N) is 3. The molecule has 10 heteroatoms. The Morgan fingerprint density at radius 2 is 1.83 bits per heavy atom. The summed E-state index contributed by atoms with van der Waals surface area (Å²) in [7, 11) is -3.82. The van der Waals surface area contributed by atoms with Gasteiger partial charge in [0.15, 0.2) is 0 Å². The number of hydrogen-bond donors (Lipinski definition) is 0. The predicted molar refractivity (Wildman–Crippen MR) is 160 cm³/mol. The normalized spacial score (nSPS) is 15.2. The number of hydrogen-bond acceptors (Lipinski definition) is 5. The van der Waals surface area contributed by atoms with E-state index in [1.165, 1.54) is 6.07 Å². The molecule has 3 aromatic carbocycles. The van der Waals surface area contributed by atoms with Gasteiger partial charge in [-0.3, -0.25) is 4.79 Å². The number of carbonyl (C=O) groups is 1. The third kappa shape index (κ3) is 7.01. The minimum Gasteiger partial charge on any atom is -0.376 e. The van der Waals surface area contributed by atoms with Gasteiger partial charge in [0.1, 0.15) is 0 Å². The van der Waals surface area contributed by atoms with Crippen molar-refractivity contribution in [2.75, 3.05) is 13.2 Å². The summed E-state index contributed by atoms with van der Waals surface area (Å²) in [6, 6.07) is 21.8. The first kappa shape index (κ1) is 29.3. The average molecular weight is 613 g/mol. The lowest BCUT2D eigenvalue weighted by atomic mass is 10.1. The quantitative estimate of drug-likeness (QED) is 0.209. The second-order valence-electron chi connectivity index (χ2n) is 10.2. The zero-order valence-corrected chi connectivity index (χ0v) is 25.0. The lowest BCUT2D eigenvalue weighted by Crippen LogP contribution is -2.37. The molecule has 1 saturated heterocycles. The van der Waals surface area contributed by atoms with Crippen LogP contribution in [-0.2, 0) is 33.4 Å². The Bertz CT molecular complexity index is 1630. The van der Waals surface area contributed by atoms with E-state index in [1.54, 1.807) is 27.8 Å². The number of sulfone groups is 1. The molecule has 0 aliphatic carbocycles. The first-order chi connectivity index (χ1) is 19.7. The molecule has 5 rings (SSSR count). The molecule has 1 atom stereocenters. The van der Waals surface area contributed by atoms with Gasteiger partial charge in [0.2, 0.25) is 15.0 Å². The summed E-state index contributed by atoms with van der Waals surface area (Å²) < 4.78 is 35.1. The molecule has 1 aliphatic rings. The molecule has 0 bridgehead atoms.